The van der Waals surface area contributed by atoms with Gasteiger partial charge in [0.1, 0.15) is 24.4 Å². The number of quaternary nitrogens is 1. The van der Waals surface area contributed by atoms with Gasteiger partial charge >= 0.3 is 18.3 Å². The molecule has 3 saturated heterocycles. The summed E-state index contributed by atoms with van der Waals surface area (Å²) in [4.78, 5) is 53.4. The first-order valence-corrected chi connectivity index (χ1v) is 23.8. The molecule has 3 fully saturated rings. The number of rotatable bonds is 11. The molecule has 1 aromatic carbocycles. The van der Waals surface area contributed by atoms with Crippen molar-refractivity contribution in [2.24, 2.45) is 23.7 Å². The van der Waals surface area contributed by atoms with Crippen molar-refractivity contribution in [1.29, 1.82) is 0 Å². The monoisotopic (exact) mass is 1020 g/mol. The number of carbonyl (C=O) groups excluding carboxylic acids is 4. The molecule has 0 amide bonds. The Hall–Kier alpha value is -3.02. The Balaban J connectivity index is 1.84. The summed E-state index contributed by atoms with van der Waals surface area (Å²) >= 11 is 3.69. The molecule has 67 heavy (non-hydrogen) atoms. The van der Waals surface area contributed by atoms with Gasteiger partial charge in [-0.2, -0.15) is 0 Å². The number of Topliss-reactive ketones (excluding diaryl/α,β-unsaturated/α-hetero) is 1. The molecule has 0 saturated carbocycles. The van der Waals surface area contributed by atoms with Gasteiger partial charge in [0.05, 0.1) is 68.1 Å². The first kappa shape index (κ1) is 56.6. The first-order chi connectivity index (χ1) is 31.0. The first-order valence-electron chi connectivity index (χ1n) is 22.9. The molecule has 3 N–H and O–H groups in total. The van der Waals surface area contributed by atoms with E-state index in [4.69, 9.17) is 47.4 Å². The highest BCUT2D eigenvalue weighted by Crippen LogP contribution is 2.44. The van der Waals surface area contributed by atoms with Gasteiger partial charge in [-0.05, 0) is 65.9 Å². The Morgan fingerprint density at radius 3 is 2.07 bits per heavy atom. The largest absolute Gasteiger partial charge is 0.633 e. The van der Waals surface area contributed by atoms with Crippen molar-refractivity contribution in [1.82, 2.24) is 0 Å². The number of methoxy groups -OCH3 is 2. The molecule has 3 aliphatic rings. The molecule has 382 valence electrons. The van der Waals surface area contributed by atoms with E-state index in [0.717, 1.165) is 12.7 Å². The number of nitrogens with zero attached hydrogens (tertiary/aromatic N) is 1. The van der Waals surface area contributed by atoms with Crippen molar-refractivity contribution in [2.45, 2.75) is 184 Å². The normalized spacial score (nSPS) is 41.6. The summed E-state index contributed by atoms with van der Waals surface area (Å²) in [6.07, 6.45) is -14.5. The topological polar surface area (TPSA) is 244 Å². The smallest absolute Gasteiger partial charge is 0.509 e. The van der Waals surface area contributed by atoms with Gasteiger partial charge in [0.25, 0.3) is 0 Å². The number of hydrogen-bond acceptors (Lipinski definition) is 18. The van der Waals surface area contributed by atoms with Crippen molar-refractivity contribution in [3.05, 3.63) is 41.1 Å². The molecule has 3 heterocycles. The average molecular weight is 1020 g/mol. The zero-order valence-electron chi connectivity index (χ0n) is 41.2. The molecule has 19 nitrogen and oxygen atoms in total. The Morgan fingerprint density at radius 2 is 1.51 bits per heavy atom. The zero-order chi connectivity index (χ0) is 50.6. The molecule has 3 aliphatic heterocycles. The maximum absolute atomic E-state index is 14.5. The van der Waals surface area contributed by atoms with E-state index in [1.54, 1.807) is 53.7 Å². The van der Waals surface area contributed by atoms with E-state index in [1.807, 2.05) is 18.2 Å². The number of aliphatic hydroxyl groups excluding tert-OH is 1. The number of cyclic esters (lactones) is 1. The molecular formula is C47H74BrNO18. The molecule has 0 unspecified atom stereocenters. The fourth-order valence-electron chi connectivity index (χ4n) is 9.81. The lowest BCUT2D eigenvalue weighted by molar-refractivity contribution is -0.874. The van der Waals surface area contributed by atoms with Gasteiger partial charge < -0.3 is 72.5 Å². The van der Waals surface area contributed by atoms with Crippen LogP contribution in [0.15, 0.2) is 30.3 Å². The summed E-state index contributed by atoms with van der Waals surface area (Å²) in [6, 6.07) is 8.10. The van der Waals surface area contributed by atoms with Crippen molar-refractivity contribution in [2.75, 3.05) is 28.3 Å². The lowest BCUT2D eigenvalue weighted by atomic mass is 9.74. The lowest BCUT2D eigenvalue weighted by Gasteiger charge is -2.52. The highest BCUT2D eigenvalue weighted by molar-refractivity contribution is 9.09. The molecular weight excluding hydrogens is 946 g/mol. The minimum absolute atomic E-state index is 0.0136. The van der Waals surface area contributed by atoms with Gasteiger partial charge in [0, 0.05) is 25.4 Å². The number of likely N-dealkylation sites (N-methyl/N-ethyl adjacent to an activating group) is 1. The van der Waals surface area contributed by atoms with E-state index in [1.165, 1.54) is 48.9 Å². The van der Waals surface area contributed by atoms with Gasteiger partial charge in [-0.1, -0.05) is 74.0 Å². The third-order valence-electron chi connectivity index (χ3n) is 13.8. The second kappa shape index (κ2) is 22.8. The predicted octanol–water partition coefficient (Wildman–Crippen LogP) is 5.32. The van der Waals surface area contributed by atoms with E-state index in [-0.39, 0.29) is 25.9 Å². The Kier molecular flexibility index (Phi) is 19.3. The van der Waals surface area contributed by atoms with Crippen molar-refractivity contribution in [3.63, 3.8) is 0 Å². The van der Waals surface area contributed by atoms with Gasteiger partial charge in [-0.25, -0.2) is 9.59 Å². The van der Waals surface area contributed by atoms with Crippen LogP contribution < -0.4 is 0 Å². The van der Waals surface area contributed by atoms with Crippen LogP contribution in [0.1, 0.15) is 94.1 Å². The van der Waals surface area contributed by atoms with E-state index in [0.29, 0.717) is 0 Å². The number of ether oxygens (including phenoxy) is 10. The molecule has 19 atom stereocenters. The fraction of sp³-hybridized carbons (Fsp3) is 0.787. The molecule has 1 aromatic rings. The van der Waals surface area contributed by atoms with E-state index in [2.05, 4.69) is 15.9 Å². The maximum atomic E-state index is 14.5. The standard InChI is InChI=1S/C47H74BrNO18/c1-15-32-46(9,56)37(51)26(4)33(50)24(2)22-45(8,55)38(66-41-35(65-43(53)58-13)31(49(11,12)57)21-25(3)61-41)27(5)34(28(6)40(52)63-32)64-42-36(48)47(10,59-14)39(29(7)62-42)67-44(54)60-23-30-19-17-16-18-20-30/h16-20,24-29,31-36,38-39,41-42,50,55-56H,15,21-23H2,1-14H3/t24-,25-,26+,27+,28-,29+,31+,32-,33+,34+,35-,36-,38-,39+,41+,42+,45-,46-,47+/m1/s1. The van der Waals surface area contributed by atoms with Gasteiger partial charge in [0.2, 0.25) is 12.4 Å². The Bertz CT molecular complexity index is 1810. The molecule has 0 bridgehead atoms. The van der Waals surface area contributed by atoms with Gasteiger partial charge in [-0.15, -0.1) is 0 Å². The Labute approximate surface area is 402 Å². The number of carbonyl (C=O) groups is 4. The number of hydroxylamine groups is 3. The summed E-state index contributed by atoms with van der Waals surface area (Å²) in [5.74, 6) is -6.06. The second-order valence-electron chi connectivity index (χ2n) is 19.6. The molecule has 4 rings (SSSR count). The highest BCUT2D eigenvalue weighted by atomic mass is 79.9. The van der Waals surface area contributed by atoms with Gasteiger partial charge in [-0.3, -0.25) is 9.59 Å². The lowest BCUT2D eigenvalue weighted by Crippen LogP contribution is -2.66. The van der Waals surface area contributed by atoms with Crippen LogP contribution in [0.2, 0.25) is 0 Å². The van der Waals surface area contributed by atoms with E-state index in [9.17, 15) is 39.7 Å². The van der Waals surface area contributed by atoms with Crippen LogP contribution >= 0.6 is 15.9 Å². The zero-order valence-corrected chi connectivity index (χ0v) is 42.8. The van der Waals surface area contributed by atoms with Crippen LogP contribution in [0, 0.1) is 28.9 Å². The molecule has 0 spiro atoms. The van der Waals surface area contributed by atoms with Crippen LogP contribution in [0.5, 0.6) is 0 Å². The maximum Gasteiger partial charge on any atom is 0.509 e. The van der Waals surface area contributed by atoms with Crippen molar-refractivity contribution >= 4 is 40.0 Å². The number of aliphatic hydroxyl groups is 3. The van der Waals surface area contributed by atoms with Crippen molar-refractivity contribution < 1.29 is 86.5 Å². The molecule has 0 aromatic heterocycles. The number of benzene rings is 1. The second-order valence-corrected chi connectivity index (χ2v) is 20.6. The van der Waals surface area contributed by atoms with E-state index >= 15 is 0 Å². The highest BCUT2D eigenvalue weighted by Gasteiger charge is 2.58. The quantitative estimate of drug-likeness (QED) is 0.0834. The summed E-state index contributed by atoms with van der Waals surface area (Å²) in [7, 11) is 5.30. The number of esters is 1. The number of hydrogen-bond donors (Lipinski definition) is 3. The van der Waals surface area contributed by atoms with Crippen LogP contribution in [-0.4, -0.2) is 161 Å². The summed E-state index contributed by atoms with van der Waals surface area (Å²) in [6.45, 7) is 15.5. The third-order valence-corrected chi connectivity index (χ3v) is 15.2. The number of halogens is 1. The summed E-state index contributed by atoms with van der Waals surface area (Å²) < 4.78 is 59.2. The minimum atomic E-state index is -2.24. The number of alkyl halides is 1. The molecule has 0 radical (unpaired) electrons. The Morgan fingerprint density at radius 1 is 0.881 bits per heavy atom. The minimum Gasteiger partial charge on any atom is -0.633 e. The molecule has 0 aliphatic carbocycles. The van der Waals surface area contributed by atoms with Crippen LogP contribution in [0.25, 0.3) is 0 Å². The fourth-order valence-corrected chi connectivity index (χ4v) is 10.5. The average Bonchev–Trinajstić information content (AvgIpc) is 3.27. The predicted molar refractivity (Wildman–Crippen MR) is 243 cm³/mol. The SMILES string of the molecule is CC[C@H]1OC(=O)[C@H](C)[C@@H](O[C@@H]2O[C@@H](C)[C@H](OC(=O)OCc3ccccc3)[C@@](C)(OC)[C@@H]2Br)[C@H](C)[C@@H](O[C@@H]2O[C@H](C)C[C@H]([N+](C)(C)[O-])[C@H]2OC(=O)OC)[C@](C)(O)C[C@@H](C)[C@H](O)[C@H](C)C(=O)[C@]1(C)O. The van der Waals surface area contributed by atoms with E-state index < -0.39 is 141 Å². The third kappa shape index (κ3) is 13.0. The number of ketones is 1. The molecule has 20 heteroatoms. The van der Waals surface area contributed by atoms with Crippen LogP contribution in [0.3, 0.4) is 0 Å². The van der Waals surface area contributed by atoms with Gasteiger partial charge in [0.15, 0.2) is 23.8 Å². The summed E-state index contributed by atoms with van der Waals surface area (Å²) in [5.41, 5.74) is -4.86. The van der Waals surface area contributed by atoms with Crippen LogP contribution in [0.4, 0.5) is 9.59 Å². The van der Waals surface area contributed by atoms with Crippen molar-refractivity contribution in [3.8, 4) is 0 Å². The summed E-state index contributed by atoms with van der Waals surface area (Å²) in [5, 5.41) is 49.8. The van der Waals surface area contributed by atoms with Crippen LogP contribution in [-0.2, 0) is 63.6 Å².